The molecule has 0 spiro atoms. The second-order valence-corrected chi connectivity index (χ2v) is 8.09. The van der Waals surface area contributed by atoms with Crippen molar-refractivity contribution >= 4 is 27.4 Å². The number of benzene rings is 1. The van der Waals surface area contributed by atoms with Gasteiger partial charge in [0.15, 0.2) is 5.96 Å². The minimum Gasteiger partial charge on any atom is -0.381 e. The molecule has 1 unspecified atom stereocenters. The van der Waals surface area contributed by atoms with E-state index in [9.17, 15) is 0 Å². The zero-order valence-electron chi connectivity index (χ0n) is 15.5. The van der Waals surface area contributed by atoms with Gasteiger partial charge in [-0.1, -0.05) is 18.2 Å². The Morgan fingerprint density at radius 2 is 2.12 bits per heavy atom. The molecule has 1 aromatic carbocycles. The molecule has 6 heteroatoms. The van der Waals surface area contributed by atoms with Crippen LogP contribution < -0.4 is 5.32 Å². The summed E-state index contributed by atoms with van der Waals surface area (Å²) in [5, 5.41) is 7.17. The number of guanidine groups is 1. The quantitative estimate of drug-likeness (QED) is 0.662. The van der Waals surface area contributed by atoms with E-state index < -0.39 is 0 Å². The van der Waals surface area contributed by atoms with E-state index in [-0.39, 0.29) is 0 Å². The van der Waals surface area contributed by atoms with E-state index in [0.717, 1.165) is 57.8 Å². The van der Waals surface area contributed by atoms with Crippen LogP contribution in [-0.4, -0.2) is 68.7 Å². The summed E-state index contributed by atoms with van der Waals surface area (Å²) in [7, 11) is 1.89. The van der Waals surface area contributed by atoms with Gasteiger partial charge in [-0.2, -0.15) is 0 Å². The number of nitrogens with zero attached hydrogens (tertiary/aromatic N) is 3. The zero-order chi connectivity index (χ0) is 17.8. The highest BCUT2D eigenvalue weighted by atomic mass is 32.1. The third-order valence-electron chi connectivity index (χ3n) is 5.42. The first kappa shape index (κ1) is 17.8. The first-order valence-corrected chi connectivity index (χ1v) is 10.4. The molecule has 3 heterocycles. The van der Waals surface area contributed by atoms with Crippen molar-refractivity contribution in [2.45, 2.75) is 13.0 Å². The van der Waals surface area contributed by atoms with Gasteiger partial charge in [0, 0.05) is 57.6 Å². The molecular formula is C20H28N4OS. The van der Waals surface area contributed by atoms with Gasteiger partial charge >= 0.3 is 0 Å². The number of thiophene rings is 1. The Hall–Kier alpha value is -1.63. The number of hydrogen-bond acceptors (Lipinski definition) is 4. The van der Waals surface area contributed by atoms with Crippen molar-refractivity contribution in [3.63, 3.8) is 0 Å². The van der Waals surface area contributed by atoms with Crippen molar-refractivity contribution in [2.75, 3.05) is 53.0 Å². The molecule has 2 saturated heterocycles. The second kappa shape index (κ2) is 8.37. The standard InChI is InChI=1S/C20H28N4OS/c1-21-20(22-12-17-15-26-19-5-3-2-4-18(17)19)24-9-7-23(8-10-24)13-16-6-11-25-14-16/h2-5,15-16H,6-14H2,1H3,(H,21,22). The number of piperazine rings is 1. The van der Waals surface area contributed by atoms with Crippen LogP contribution in [0.15, 0.2) is 34.6 Å². The Morgan fingerprint density at radius 3 is 2.88 bits per heavy atom. The molecule has 2 aliphatic heterocycles. The highest BCUT2D eigenvalue weighted by molar-refractivity contribution is 7.17. The van der Waals surface area contributed by atoms with Gasteiger partial charge < -0.3 is 15.0 Å². The summed E-state index contributed by atoms with van der Waals surface area (Å²) in [6, 6.07) is 8.61. The Morgan fingerprint density at radius 1 is 1.27 bits per heavy atom. The lowest BCUT2D eigenvalue weighted by Gasteiger charge is -2.37. The van der Waals surface area contributed by atoms with Crippen LogP contribution >= 0.6 is 11.3 Å². The number of hydrogen-bond donors (Lipinski definition) is 1. The van der Waals surface area contributed by atoms with Crippen molar-refractivity contribution in [3.05, 3.63) is 35.2 Å². The number of ether oxygens (including phenoxy) is 1. The van der Waals surface area contributed by atoms with Crippen molar-refractivity contribution in [1.82, 2.24) is 15.1 Å². The van der Waals surface area contributed by atoms with Crippen LogP contribution in [0, 0.1) is 5.92 Å². The fourth-order valence-electron chi connectivity index (χ4n) is 3.91. The molecule has 2 aliphatic rings. The maximum Gasteiger partial charge on any atom is 0.194 e. The van der Waals surface area contributed by atoms with E-state index in [1.807, 2.05) is 18.4 Å². The lowest BCUT2D eigenvalue weighted by atomic mass is 10.1. The van der Waals surface area contributed by atoms with Gasteiger partial charge in [-0.15, -0.1) is 11.3 Å². The molecule has 26 heavy (non-hydrogen) atoms. The Kier molecular flexibility index (Phi) is 5.72. The van der Waals surface area contributed by atoms with E-state index in [1.165, 1.54) is 28.6 Å². The fraction of sp³-hybridized carbons (Fsp3) is 0.550. The van der Waals surface area contributed by atoms with Gasteiger partial charge in [-0.05, 0) is 34.7 Å². The van der Waals surface area contributed by atoms with Crippen LogP contribution in [0.4, 0.5) is 0 Å². The number of rotatable bonds is 4. The highest BCUT2D eigenvalue weighted by Crippen LogP contribution is 2.25. The molecule has 4 rings (SSSR count). The van der Waals surface area contributed by atoms with Crippen LogP contribution in [0.25, 0.3) is 10.1 Å². The van der Waals surface area contributed by atoms with Crippen LogP contribution in [0.5, 0.6) is 0 Å². The maximum atomic E-state index is 5.51. The van der Waals surface area contributed by atoms with Crippen LogP contribution in [0.1, 0.15) is 12.0 Å². The van der Waals surface area contributed by atoms with E-state index in [1.54, 1.807) is 0 Å². The van der Waals surface area contributed by atoms with E-state index >= 15 is 0 Å². The molecule has 2 fully saturated rings. The van der Waals surface area contributed by atoms with Gasteiger partial charge in [0.05, 0.1) is 6.61 Å². The minimum absolute atomic E-state index is 0.728. The SMILES string of the molecule is CN=C(NCc1csc2ccccc12)N1CCN(CC2CCOC2)CC1. The largest absolute Gasteiger partial charge is 0.381 e. The monoisotopic (exact) mass is 372 g/mol. The van der Waals surface area contributed by atoms with Crippen molar-refractivity contribution in [2.24, 2.45) is 10.9 Å². The molecule has 0 saturated carbocycles. The summed E-state index contributed by atoms with van der Waals surface area (Å²) in [6.45, 7) is 8.19. The van der Waals surface area contributed by atoms with Crippen LogP contribution in [-0.2, 0) is 11.3 Å². The first-order valence-electron chi connectivity index (χ1n) is 9.54. The molecule has 5 nitrogen and oxygen atoms in total. The predicted octanol–water partition coefficient (Wildman–Crippen LogP) is 2.63. The molecule has 0 bridgehead atoms. The van der Waals surface area contributed by atoms with Gasteiger partial charge in [-0.25, -0.2) is 0 Å². The average Bonchev–Trinajstić information content (AvgIpc) is 3.33. The Bertz CT molecular complexity index is 745. The third kappa shape index (κ3) is 4.03. The highest BCUT2D eigenvalue weighted by Gasteiger charge is 2.24. The Balaban J connectivity index is 1.29. The van der Waals surface area contributed by atoms with Crippen molar-refractivity contribution in [3.8, 4) is 0 Å². The summed E-state index contributed by atoms with van der Waals surface area (Å²) in [4.78, 5) is 9.48. The third-order valence-corrected chi connectivity index (χ3v) is 6.43. The summed E-state index contributed by atoms with van der Waals surface area (Å²) < 4.78 is 6.86. The molecule has 1 atom stereocenters. The topological polar surface area (TPSA) is 40.1 Å². The molecule has 140 valence electrons. The second-order valence-electron chi connectivity index (χ2n) is 7.18. The minimum atomic E-state index is 0.728. The summed E-state index contributed by atoms with van der Waals surface area (Å²) >= 11 is 1.81. The maximum absolute atomic E-state index is 5.51. The number of fused-ring (bicyclic) bond motifs is 1. The molecule has 2 aromatic rings. The van der Waals surface area contributed by atoms with Crippen molar-refractivity contribution < 1.29 is 4.74 Å². The number of nitrogens with one attached hydrogen (secondary N) is 1. The van der Waals surface area contributed by atoms with E-state index in [4.69, 9.17) is 4.74 Å². The lowest BCUT2D eigenvalue weighted by Crippen LogP contribution is -2.53. The summed E-state index contributed by atoms with van der Waals surface area (Å²) in [5.74, 6) is 1.75. The molecular weight excluding hydrogens is 344 g/mol. The summed E-state index contributed by atoms with van der Waals surface area (Å²) in [5.41, 5.74) is 1.35. The number of aliphatic imine (C=N–C) groups is 1. The van der Waals surface area contributed by atoms with Gasteiger partial charge in [0.1, 0.15) is 0 Å². The van der Waals surface area contributed by atoms with Crippen LogP contribution in [0.2, 0.25) is 0 Å². The fourth-order valence-corrected chi connectivity index (χ4v) is 4.87. The normalized spacial score (nSPS) is 22.3. The first-order chi connectivity index (χ1) is 12.8. The smallest absolute Gasteiger partial charge is 0.194 e. The Labute approximate surface area is 159 Å². The van der Waals surface area contributed by atoms with E-state index in [2.05, 4.69) is 49.8 Å². The predicted molar refractivity (Wildman–Crippen MR) is 109 cm³/mol. The van der Waals surface area contributed by atoms with Crippen LogP contribution in [0.3, 0.4) is 0 Å². The molecule has 1 N–H and O–H groups in total. The molecule has 1 aromatic heterocycles. The summed E-state index contributed by atoms with van der Waals surface area (Å²) in [6.07, 6.45) is 1.22. The molecule has 0 amide bonds. The van der Waals surface area contributed by atoms with E-state index in [0.29, 0.717) is 0 Å². The average molecular weight is 373 g/mol. The lowest BCUT2D eigenvalue weighted by molar-refractivity contribution is 0.139. The van der Waals surface area contributed by atoms with Crippen molar-refractivity contribution in [1.29, 1.82) is 0 Å². The molecule has 0 radical (unpaired) electrons. The van der Waals surface area contributed by atoms with Gasteiger partial charge in [0.25, 0.3) is 0 Å². The molecule has 0 aliphatic carbocycles. The zero-order valence-corrected chi connectivity index (χ0v) is 16.3. The van der Waals surface area contributed by atoms with Gasteiger partial charge in [-0.3, -0.25) is 9.89 Å². The van der Waals surface area contributed by atoms with Gasteiger partial charge in [0.2, 0.25) is 0 Å².